The van der Waals surface area contributed by atoms with Crippen LogP contribution in [0, 0.1) is 0 Å². The quantitative estimate of drug-likeness (QED) is 0.508. The first kappa shape index (κ1) is 6.58. The summed E-state index contributed by atoms with van der Waals surface area (Å²) in [4.78, 5) is 0. The zero-order valence-electron chi connectivity index (χ0n) is 6.22. The SMILES string of the molecule is C[C@H]1NCCOC12COC2. The van der Waals surface area contributed by atoms with Crippen molar-refractivity contribution in [1.82, 2.24) is 5.32 Å². The van der Waals surface area contributed by atoms with E-state index in [2.05, 4.69) is 12.2 Å². The zero-order valence-corrected chi connectivity index (χ0v) is 6.22. The van der Waals surface area contributed by atoms with Gasteiger partial charge in [-0.2, -0.15) is 0 Å². The standard InChI is InChI=1S/C7H13NO2/c1-6-7(4-9-5-7)10-3-2-8-6/h6,8H,2-5H2,1H3/t6-/m1/s1. The van der Waals surface area contributed by atoms with Gasteiger partial charge in [0, 0.05) is 12.6 Å². The van der Waals surface area contributed by atoms with Gasteiger partial charge in [-0.3, -0.25) is 0 Å². The molecule has 0 amide bonds. The first-order valence-corrected chi connectivity index (χ1v) is 3.79. The smallest absolute Gasteiger partial charge is 0.130 e. The van der Waals surface area contributed by atoms with Crippen molar-refractivity contribution in [3.8, 4) is 0 Å². The molecular formula is C7H13NO2. The van der Waals surface area contributed by atoms with E-state index in [1.165, 1.54) is 0 Å². The highest BCUT2D eigenvalue weighted by Gasteiger charge is 2.46. The molecule has 3 nitrogen and oxygen atoms in total. The number of rotatable bonds is 0. The van der Waals surface area contributed by atoms with Gasteiger partial charge >= 0.3 is 0 Å². The zero-order chi connectivity index (χ0) is 7.03. The van der Waals surface area contributed by atoms with E-state index in [4.69, 9.17) is 9.47 Å². The van der Waals surface area contributed by atoms with Crippen LogP contribution in [-0.2, 0) is 9.47 Å². The Kier molecular flexibility index (Phi) is 1.44. The van der Waals surface area contributed by atoms with Gasteiger partial charge < -0.3 is 14.8 Å². The highest BCUT2D eigenvalue weighted by Crippen LogP contribution is 2.27. The van der Waals surface area contributed by atoms with Gasteiger partial charge in [-0.05, 0) is 6.92 Å². The van der Waals surface area contributed by atoms with E-state index >= 15 is 0 Å². The molecule has 0 bridgehead atoms. The van der Waals surface area contributed by atoms with Crippen molar-refractivity contribution < 1.29 is 9.47 Å². The van der Waals surface area contributed by atoms with Crippen LogP contribution in [-0.4, -0.2) is 38.0 Å². The van der Waals surface area contributed by atoms with Crippen LogP contribution in [0.5, 0.6) is 0 Å². The second-order valence-electron chi connectivity index (χ2n) is 3.08. The van der Waals surface area contributed by atoms with E-state index in [1.807, 2.05) is 0 Å². The third-order valence-corrected chi connectivity index (χ3v) is 2.42. The summed E-state index contributed by atoms with van der Waals surface area (Å²) in [6.45, 7) is 5.49. The van der Waals surface area contributed by atoms with Gasteiger partial charge in [0.15, 0.2) is 0 Å². The van der Waals surface area contributed by atoms with Crippen molar-refractivity contribution in [3.05, 3.63) is 0 Å². The Bertz CT molecular complexity index is 134. The van der Waals surface area contributed by atoms with Crippen LogP contribution in [0.4, 0.5) is 0 Å². The summed E-state index contributed by atoms with van der Waals surface area (Å²) < 4.78 is 10.7. The van der Waals surface area contributed by atoms with Crippen molar-refractivity contribution in [2.24, 2.45) is 0 Å². The Labute approximate surface area is 60.7 Å². The van der Waals surface area contributed by atoms with Gasteiger partial charge in [0.2, 0.25) is 0 Å². The van der Waals surface area contributed by atoms with Gasteiger partial charge in [0.25, 0.3) is 0 Å². The van der Waals surface area contributed by atoms with E-state index in [0.717, 1.165) is 26.4 Å². The summed E-state index contributed by atoms with van der Waals surface area (Å²) in [5, 5.41) is 3.37. The summed E-state index contributed by atoms with van der Waals surface area (Å²) >= 11 is 0. The number of morpholine rings is 1. The summed E-state index contributed by atoms with van der Waals surface area (Å²) in [5.41, 5.74) is 0.0260. The van der Waals surface area contributed by atoms with Crippen LogP contribution in [0.2, 0.25) is 0 Å². The fourth-order valence-corrected chi connectivity index (χ4v) is 1.48. The maximum Gasteiger partial charge on any atom is 0.130 e. The number of hydrogen-bond donors (Lipinski definition) is 1. The molecule has 0 aromatic heterocycles. The summed E-state index contributed by atoms with van der Waals surface area (Å²) in [7, 11) is 0. The molecule has 2 rings (SSSR count). The first-order valence-electron chi connectivity index (χ1n) is 3.79. The highest BCUT2D eigenvalue weighted by molar-refractivity contribution is 4.98. The van der Waals surface area contributed by atoms with Crippen LogP contribution in [0.15, 0.2) is 0 Å². The van der Waals surface area contributed by atoms with Gasteiger partial charge in [-0.1, -0.05) is 0 Å². The minimum Gasteiger partial charge on any atom is -0.375 e. The normalized spacial score (nSPS) is 37.5. The van der Waals surface area contributed by atoms with Crippen LogP contribution >= 0.6 is 0 Å². The van der Waals surface area contributed by atoms with E-state index in [9.17, 15) is 0 Å². The van der Waals surface area contributed by atoms with Crippen LogP contribution < -0.4 is 5.32 Å². The fourth-order valence-electron chi connectivity index (χ4n) is 1.48. The molecule has 3 heteroatoms. The molecule has 2 aliphatic heterocycles. The molecule has 2 aliphatic rings. The Morgan fingerprint density at radius 3 is 2.70 bits per heavy atom. The maximum atomic E-state index is 5.63. The lowest BCUT2D eigenvalue weighted by atomic mass is 9.92. The van der Waals surface area contributed by atoms with Crippen LogP contribution in [0.25, 0.3) is 0 Å². The molecule has 2 heterocycles. The predicted molar refractivity (Wildman–Crippen MR) is 37.0 cm³/mol. The monoisotopic (exact) mass is 143 g/mol. The average Bonchev–Trinajstić information content (AvgIpc) is 1.85. The topological polar surface area (TPSA) is 30.5 Å². The lowest BCUT2D eigenvalue weighted by molar-refractivity contribution is -0.234. The van der Waals surface area contributed by atoms with Crippen LogP contribution in [0.1, 0.15) is 6.92 Å². The summed E-state index contributed by atoms with van der Waals surface area (Å²) in [5.74, 6) is 0. The molecule has 0 unspecified atom stereocenters. The molecule has 0 radical (unpaired) electrons. The van der Waals surface area contributed by atoms with Gasteiger partial charge in [0.1, 0.15) is 5.60 Å². The third kappa shape index (κ3) is 0.779. The molecule has 1 spiro atoms. The van der Waals surface area contributed by atoms with Crippen molar-refractivity contribution in [1.29, 1.82) is 0 Å². The molecule has 1 atom stereocenters. The highest BCUT2D eigenvalue weighted by atomic mass is 16.6. The van der Waals surface area contributed by atoms with Crippen molar-refractivity contribution in [3.63, 3.8) is 0 Å². The second-order valence-corrected chi connectivity index (χ2v) is 3.08. The Morgan fingerprint density at radius 1 is 1.50 bits per heavy atom. The third-order valence-electron chi connectivity index (χ3n) is 2.42. The lowest BCUT2D eigenvalue weighted by Crippen LogP contribution is -2.66. The molecule has 0 aliphatic carbocycles. The van der Waals surface area contributed by atoms with Crippen molar-refractivity contribution in [2.75, 3.05) is 26.4 Å². The van der Waals surface area contributed by atoms with Gasteiger partial charge in [-0.25, -0.2) is 0 Å². The Balaban J connectivity index is 2.03. The fraction of sp³-hybridized carbons (Fsp3) is 1.00. The number of ether oxygens (including phenoxy) is 2. The molecule has 0 saturated carbocycles. The predicted octanol–water partition coefficient (Wildman–Crippen LogP) is -0.236. The molecular weight excluding hydrogens is 130 g/mol. The van der Waals surface area contributed by atoms with E-state index < -0.39 is 0 Å². The van der Waals surface area contributed by atoms with Crippen molar-refractivity contribution in [2.45, 2.75) is 18.6 Å². The van der Waals surface area contributed by atoms with E-state index in [1.54, 1.807) is 0 Å². The number of hydrogen-bond acceptors (Lipinski definition) is 3. The Morgan fingerprint density at radius 2 is 2.30 bits per heavy atom. The molecule has 10 heavy (non-hydrogen) atoms. The molecule has 2 saturated heterocycles. The largest absolute Gasteiger partial charge is 0.375 e. The molecule has 58 valence electrons. The van der Waals surface area contributed by atoms with Gasteiger partial charge in [0.05, 0.1) is 19.8 Å². The lowest BCUT2D eigenvalue weighted by Gasteiger charge is -2.48. The summed E-state index contributed by atoms with van der Waals surface area (Å²) in [6.07, 6.45) is 0. The molecule has 2 fully saturated rings. The van der Waals surface area contributed by atoms with Crippen molar-refractivity contribution >= 4 is 0 Å². The summed E-state index contributed by atoms with van der Waals surface area (Å²) in [6, 6.07) is 0.454. The Hall–Kier alpha value is -0.120. The second kappa shape index (κ2) is 2.19. The van der Waals surface area contributed by atoms with Crippen LogP contribution in [0.3, 0.4) is 0 Å². The van der Waals surface area contributed by atoms with Gasteiger partial charge in [-0.15, -0.1) is 0 Å². The van der Waals surface area contributed by atoms with E-state index in [-0.39, 0.29) is 5.60 Å². The number of nitrogens with one attached hydrogen (secondary N) is 1. The molecule has 0 aromatic rings. The minimum absolute atomic E-state index is 0.0260. The molecule has 1 N–H and O–H groups in total. The average molecular weight is 143 g/mol. The first-order chi connectivity index (χ1) is 4.83. The van der Waals surface area contributed by atoms with E-state index in [0.29, 0.717) is 6.04 Å². The molecule has 0 aromatic carbocycles. The maximum absolute atomic E-state index is 5.63. The minimum atomic E-state index is 0.0260.